The quantitative estimate of drug-likeness (QED) is 0.654. The summed E-state index contributed by atoms with van der Waals surface area (Å²) in [6.45, 7) is 1.60. The number of amides is 1. The van der Waals surface area contributed by atoms with Gasteiger partial charge in [-0.15, -0.1) is 0 Å². The number of anilines is 2. The van der Waals surface area contributed by atoms with Crippen LogP contribution in [0.15, 0.2) is 29.4 Å². The lowest BCUT2D eigenvalue weighted by Gasteiger charge is -2.11. The van der Waals surface area contributed by atoms with E-state index in [1.54, 1.807) is 24.3 Å². The van der Waals surface area contributed by atoms with Gasteiger partial charge in [0.1, 0.15) is 0 Å². The number of esters is 1. The minimum atomic E-state index is -0.333. The van der Waals surface area contributed by atoms with E-state index in [1.807, 2.05) is 0 Å². The van der Waals surface area contributed by atoms with Crippen LogP contribution >= 0.6 is 0 Å². The molecule has 0 bridgehead atoms. The molecule has 6 nitrogen and oxygen atoms in total. The largest absolute Gasteiger partial charge is 0.465 e. The summed E-state index contributed by atoms with van der Waals surface area (Å²) >= 11 is 0. The molecule has 19 heavy (non-hydrogen) atoms. The van der Waals surface area contributed by atoms with Crippen molar-refractivity contribution in [2.75, 3.05) is 17.3 Å². The van der Waals surface area contributed by atoms with Gasteiger partial charge in [-0.1, -0.05) is 0 Å². The van der Waals surface area contributed by atoms with Crippen LogP contribution in [0.4, 0.5) is 11.4 Å². The Bertz CT molecular complexity index is 522. The van der Waals surface area contributed by atoms with Crippen LogP contribution in [0, 0.1) is 0 Å². The number of nitrogen functional groups attached to an aromatic ring is 1. The second-order valence-corrected chi connectivity index (χ2v) is 4.23. The number of carbonyl (C=O) groups excluding carboxylic acids is 2. The van der Waals surface area contributed by atoms with Gasteiger partial charge >= 0.3 is 5.97 Å². The summed E-state index contributed by atoms with van der Waals surface area (Å²) in [4.78, 5) is 22.5. The maximum absolute atomic E-state index is 11.8. The Kier molecular flexibility index (Phi) is 3.79. The molecule has 6 heteroatoms. The number of hydrogen-bond acceptors (Lipinski definition) is 5. The average molecular weight is 261 g/mol. The van der Waals surface area contributed by atoms with Crippen LogP contribution in [-0.4, -0.2) is 24.2 Å². The molecule has 1 heterocycles. The Morgan fingerprint density at radius 3 is 2.74 bits per heavy atom. The van der Waals surface area contributed by atoms with E-state index in [1.165, 1.54) is 11.9 Å². The molecule has 0 saturated carbocycles. The number of hydrazone groups is 1. The minimum absolute atomic E-state index is 0.0948. The molecular formula is C13H15N3O3. The third kappa shape index (κ3) is 3.31. The Hall–Kier alpha value is -2.37. The maximum Gasteiger partial charge on any atom is 0.302 e. The van der Waals surface area contributed by atoms with Crippen LogP contribution in [0.3, 0.4) is 0 Å². The van der Waals surface area contributed by atoms with Crippen LogP contribution in [0.2, 0.25) is 0 Å². The molecule has 2 N–H and O–H groups in total. The molecule has 0 atom stereocenters. The smallest absolute Gasteiger partial charge is 0.302 e. The zero-order valence-electron chi connectivity index (χ0n) is 10.6. The Morgan fingerprint density at radius 1 is 1.42 bits per heavy atom. The zero-order chi connectivity index (χ0) is 13.8. The van der Waals surface area contributed by atoms with Crippen LogP contribution in [-0.2, 0) is 14.3 Å². The van der Waals surface area contributed by atoms with Gasteiger partial charge in [-0.25, -0.2) is 5.01 Å². The van der Waals surface area contributed by atoms with E-state index < -0.39 is 0 Å². The molecule has 0 spiro atoms. The van der Waals surface area contributed by atoms with Gasteiger partial charge in [-0.2, -0.15) is 5.10 Å². The molecule has 1 aliphatic heterocycles. The first kappa shape index (κ1) is 13.1. The SMILES string of the molecule is CC(=O)OCCC1=NN(c2ccc(N)cc2)C(=O)C1. The highest BCUT2D eigenvalue weighted by atomic mass is 16.5. The van der Waals surface area contributed by atoms with Crippen molar-refractivity contribution >= 4 is 29.0 Å². The first-order valence-corrected chi connectivity index (χ1v) is 5.94. The molecular weight excluding hydrogens is 246 g/mol. The predicted molar refractivity (Wildman–Crippen MR) is 71.6 cm³/mol. The lowest BCUT2D eigenvalue weighted by atomic mass is 10.2. The molecule has 0 aliphatic carbocycles. The fourth-order valence-electron chi connectivity index (χ4n) is 1.75. The molecule has 1 aliphatic rings. The second-order valence-electron chi connectivity index (χ2n) is 4.23. The Balaban J connectivity index is 2.02. The van der Waals surface area contributed by atoms with E-state index in [4.69, 9.17) is 10.5 Å². The van der Waals surface area contributed by atoms with Gasteiger partial charge in [0, 0.05) is 19.0 Å². The van der Waals surface area contributed by atoms with Gasteiger partial charge in [0.05, 0.1) is 24.4 Å². The monoisotopic (exact) mass is 261 g/mol. The summed E-state index contributed by atoms with van der Waals surface area (Å²) in [5, 5.41) is 5.58. The number of rotatable bonds is 4. The highest BCUT2D eigenvalue weighted by molar-refractivity contribution is 6.13. The predicted octanol–water partition coefficient (Wildman–Crippen LogP) is 1.31. The second kappa shape index (κ2) is 5.51. The van der Waals surface area contributed by atoms with E-state index in [-0.39, 0.29) is 24.9 Å². The molecule has 100 valence electrons. The van der Waals surface area contributed by atoms with Crippen molar-refractivity contribution < 1.29 is 14.3 Å². The summed E-state index contributed by atoms with van der Waals surface area (Å²) in [5.74, 6) is -0.428. The van der Waals surface area contributed by atoms with Crippen molar-refractivity contribution in [3.8, 4) is 0 Å². The summed E-state index contributed by atoms with van der Waals surface area (Å²) < 4.78 is 4.83. The van der Waals surface area contributed by atoms with Gasteiger partial charge in [-0.3, -0.25) is 9.59 Å². The van der Waals surface area contributed by atoms with E-state index >= 15 is 0 Å². The van der Waals surface area contributed by atoms with Crippen LogP contribution < -0.4 is 10.7 Å². The van der Waals surface area contributed by atoms with E-state index in [0.29, 0.717) is 23.5 Å². The molecule has 0 saturated heterocycles. The number of nitrogens with zero attached hydrogens (tertiary/aromatic N) is 2. The summed E-state index contributed by atoms with van der Waals surface area (Å²) in [6, 6.07) is 6.92. The fraction of sp³-hybridized carbons (Fsp3) is 0.308. The molecule has 0 aromatic heterocycles. The van der Waals surface area contributed by atoms with Crippen molar-refractivity contribution in [3.05, 3.63) is 24.3 Å². The minimum Gasteiger partial charge on any atom is -0.465 e. The van der Waals surface area contributed by atoms with Crippen molar-refractivity contribution in [1.29, 1.82) is 0 Å². The molecule has 0 unspecified atom stereocenters. The van der Waals surface area contributed by atoms with Crippen LogP contribution in [0.25, 0.3) is 0 Å². The van der Waals surface area contributed by atoms with Gasteiger partial charge in [0.2, 0.25) is 0 Å². The van der Waals surface area contributed by atoms with E-state index in [2.05, 4.69) is 5.10 Å². The highest BCUT2D eigenvalue weighted by Crippen LogP contribution is 2.22. The third-order valence-electron chi connectivity index (χ3n) is 2.67. The summed E-state index contributed by atoms with van der Waals surface area (Å²) in [6.07, 6.45) is 0.725. The standard InChI is InChI=1S/C13H15N3O3/c1-9(17)19-7-6-11-8-13(18)16(15-11)12-4-2-10(14)3-5-12/h2-5H,6-8,14H2,1H3. The Morgan fingerprint density at radius 2 is 2.11 bits per heavy atom. The summed E-state index contributed by atoms with van der Waals surface area (Å²) in [7, 11) is 0. The van der Waals surface area contributed by atoms with Gasteiger partial charge < -0.3 is 10.5 Å². The number of nitrogens with two attached hydrogens (primary N) is 1. The lowest BCUT2D eigenvalue weighted by Crippen LogP contribution is -2.19. The fourth-order valence-corrected chi connectivity index (χ4v) is 1.75. The summed E-state index contributed by atoms with van der Waals surface area (Å²) in [5.41, 5.74) is 7.62. The lowest BCUT2D eigenvalue weighted by molar-refractivity contribution is -0.140. The molecule has 0 fully saturated rings. The van der Waals surface area contributed by atoms with Gasteiger partial charge in [0.15, 0.2) is 0 Å². The number of hydrogen-bond donors (Lipinski definition) is 1. The molecule has 2 rings (SSSR count). The molecule has 1 aromatic rings. The van der Waals surface area contributed by atoms with Gasteiger partial charge in [-0.05, 0) is 24.3 Å². The van der Waals surface area contributed by atoms with Crippen molar-refractivity contribution in [3.63, 3.8) is 0 Å². The molecule has 0 radical (unpaired) electrons. The number of carbonyl (C=O) groups is 2. The van der Waals surface area contributed by atoms with Crippen LogP contribution in [0.1, 0.15) is 19.8 Å². The van der Waals surface area contributed by atoms with Crippen molar-refractivity contribution in [2.45, 2.75) is 19.8 Å². The average Bonchev–Trinajstić information content (AvgIpc) is 2.71. The normalized spacial score (nSPS) is 14.5. The third-order valence-corrected chi connectivity index (χ3v) is 2.67. The van der Waals surface area contributed by atoms with Crippen LogP contribution in [0.5, 0.6) is 0 Å². The Labute approximate surface area is 110 Å². The molecule has 1 amide bonds. The van der Waals surface area contributed by atoms with Gasteiger partial charge in [0.25, 0.3) is 5.91 Å². The van der Waals surface area contributed by atoms with E-state index in [9.17, 15) is 9.59 Å². The first-order valence-electron chi connectivity index (χ1n) is 5.94. The number of ether oxygens (including phenoxy) is 1. The maximum atomic E-state index is 11.8. The van der Waals surface area contributed by atoms with Crippen molar-refractivity contribution in [1.82, 2.24) is 0 Å². The van der Waals surface area contributed by atoms with E-state index in [0.717, 1.165) is 0 Å². The zero-order valence-corrected chi connectivity index (χ0v) is 10.6. The molecule has 1 aromatic carbocycles. The topological polar surface area (TPSA) is 85.0 Å². The first-order chi connectivity index (χ1) is 9.06. The van der Waals surface area contributed by atoms with Crippen molar-refractivity contribution in [2.24, 2.45) is 5.10 Å². The number of benzene rings is 1. The highest BCUT2D eigenvalue weighted by Gasteiger charge is 2.24.